The summed E-state index contributed by atoms with van der Waals surface area (Å²) in [5, 5.41) is 9.47. The molecule has 0 aliphatic heterocycles. The molecule has 0 aliphatic carbocycles. The van der Waals surface area contributed by atoms with Gasteiger partial charge < -0.3 is 0 Å². The third kappa shape index (κ3) is 2.15. The molecule has 6 heteroatoms. The van der Waals surface area contributed by atoms with Gasteiger partial charge in [-0.15, -0.1) is 11.6 Å². The molecule has 4 nitrogen and oxygen atoms in total. The van der Waals surface area contributed by atoms with Crippen LogP contribution in [0.3, 0.4) is 0 Å². The van der Waals surface area contributed by atoms with Crippen LogP contribution in [-0.4, -0.2) is 19.6 Å². The van der Waals surface area contributed by atoms with Crippen LogP contribution < -0.4 is 0 Å². The average Bonchev–Trinajstić information content (AvgIpc) is 2.71. The molecule has 0 amide bonds. The number of halogens is 2. The zero-order chi connectivity index (χ0) is 13.4. The smallest absolute Gasteiger partial charge is 0.132 e. The van der Waals surface area contributed by atoms with E-state index in [9.17, 15) is 0 Å². The Balaban J connectivity index is 2.40. The third-order valence-corrected chi connectivity index (χ3v) is 3.98. The van der Waals surface area contributed by atoms with Gasteiger partial charge in [0.25, 0.3) is 0 Å². The van der Waals surface area contributed by atoms with Crippen LogP contribution in [0, 0.1) is 20.8 Å². The van der Waals surface area contributed by atoms with Crippen molar-refractivity contribution in [3.05, 3.63) is 33.4 Å². The minimum Gasteiger partial charge on any atom is -0.265 e. The van der Waals surface area contributed by atoms with Crippen LogP contribution in [0.4, 0.5) is 0 Å². The lowest BCUT2D eigenvalue weighted by molar-refractivity contribution is 0.656. The number of alkyl halides is 1. The Morgan fingerprint density at radius 3 is 2.11 bits per heavy atom. The lowest BCUT2D eigenvalue weighted by Gasteiger charge is -2.05. The lowest BCUT2D eigenvalue weighted by atomic mass is 10.2. The molecule has 0 atom stereocenters. The first-order valence-corrected chi connectivity index (χ1v) is 6.63. The molecule has 0 N–H and O–H groups in total. The summed E-state index contributed by atoms with van der Waals surface area (Å²) in [4.78, 5) is 0. The fraction of sp³-hybridized carbons (Fsp3) is 0.500. The molecular weight excluding hydrogens is 271 g/mol. The SMILES string of the molecule is Cc1nn(C)c(Cl)c1Cn1nc(C)c(CCl)c1C. The minimum absolute atomic E-state index is 0.484. The summed E-state index contributed by atoms with van der Waals surface area (Å²) in [6.07, 6.45) is 0. The zero-order valence-corrected chi connectivity index (χ0v) is 12.5. The molecule has 2 rings (SSSR count). The summed E-state index contributed by atoms with van der Waals surface area (Å²) < 4.78 is 3.61. The van der Waals surface area contributed by atoms with Gasteiger partial charge in [-0.2, -0.15) is 10.2 Å². The van der Waals surface area contributed by atoms with E-state index in [0.717, 1.165) is 28.2 Å². The molecule has 0 unspecified atom stereocenters. The number of nitrogens with zero attached hydrogens (tertiary/aromatic N) is 4. The van der Waals surface area contributed by atoms with Crippen molar-refractivity contribution in [2.24, 2.45) is 7.05 Å². The average molecular weight is 287 g/mol. The van der Waals surface area contributed by atoms with Gasteiger partial charge in [0.1, 0.15) is 5.15 Å². The Morgan fingerprint density at radius 1 is 1.06 bits per heavy atom. The van der Waals surface area contributed by atoms with Crippen molar-refractivity contribution >= 4 is 23.2 Å². The standard InChI is InChI=1S/C12H16Cl2N4/c1-7-10(5-13)9(3)18(16-7)6-11-8(2)15-17(4)12(11)14/h5-6H2,1-4H3. The maximum atomic E-state index is 6.23. The fourth-order valence-corrected chi connectivity index (χ4v) is 2.71. The Labute approximate surface area is 116 Å². The Bertz CT molecular complexity index is 583. The van der Waals surface area contributed by atoms with E-state index in [4.69, 9.17) is 23.2 Å². The van der Waals surface area contributed by atoms with Crippen LogP contribution in [0.25, 0.3) is 0 Å². The Kier molecular flexibility index (Phi) is 3.69. The van der Waals surface area contributed by atoms with Crippen LogP contribution in [0.1, 0.15) is 28.2 Å². The summed E-state index contributed by atoms with van der Waals surface area (Å²) in [6.45, 7) is 6.58. The fourth-order valence-electron chi connectivity index (χ4n) is 2.08. The van der Waals surface area contributed by atoms with E-state index < -0.39 is 0 Å². The van der Waals surface area contributed by atoms with E-state index in [-0.39, 0.29) is 0 Å². The van der Waals surface area contributed by atoms with Crippen LogP contribution in [0.15, 0.2) is 0 Å². The van der Waals surface area contributed by atoms with E-state index in [0.29, 0.717) is 17.6 Å². The molecular formula is C12H16Cl2N4. The number of aryl methyl sites for hydroxylation is 3. The molecule has 98 valence electrons. The first-order valence-electron chi connectivity index (χ1n) is 5.72. The Hall–Kier alpha value is -1.000. The van der Waals surface area contributed by atoms with Gasteiger partial charge in [-0.25, -0.2) is 0 Å². The van der Waals surface area contributed by atoms with Crippen molar-refractivity contribution in [1.29, 1.82) is 0 Å². The maximum Gasteiger partial charge on any atom is 0.132 e. The summed E-state index contributed by atoms with van der Waals surface area (Å²) >= 11 is 12.2. The second-order valence-corrected chi connectivity index (χ2v) is 5.04. The largest absolute Gasteiger partial charge is 0.265 e. The van der Waals surface area contributed by atoms with E-state index in [1.807, 2.05) is 32.5 Å². The Morgan fingerprint density at radius 2 is 1.67 bits per heavy atom. The predicted octanol–water partition coefficient (Wildman–Crippen LogP) is 2.98. The van der Waals surface area contributed by atoms with E-state index in [1.54, 1.807) is 4.68 Å². The molecule has 2 aromatic rings. The van der Waals surface area contributed by atoms with Gasteiger partial charge in [-0.05, 0) is 20.8 Å². The molecule has 0 spiro atoms. The number of rotatable bonds is 3. The minimum atomic E-state index is 0.484. The van der Waals surface area contributed by atoms with E-state index in [2.05, 4.69) is 10.2 Å². The highest BCUT2D eigenvalue weighted by Gasteiger charge is 2.15. The lowest BCUT2D eigenvalue weighted by Crippen LogP contribution is -2.05. The summed E-state index contributed by atoms with van der Waals surface area (Å²) in [7, 11) is 1.84. The molecule has 0 saturated heterocycles. The second kappa shape index (κ2) is 4.94. The molecule has 0 bridgehead atoms. The number of hydrogen-bond acceptors (Lipinski definition) is 2. The van der Waals surface area contributed by atoms with E-state index >= 15 is 0 Å². The third-order valence-electron chi connectivity index (χ3n) is 3.24. The molecule has 0 radical (unpaired) electrons. The zero-order valence-electron chi connectivity index (χ0n) is 11.0. The van der Waals surface area contributed by atoms with E-state index in [1.165, 1.54) is 0 Å². The van der Waals surface area contributed by atoms with Gasteiger partial charge in [0, 0.05) is 23.9 Å². The van der Waals surface area contributed by atoms with Crippen LogP contribution in [0.5, 0.6) is 0 Å². The van der Waals surface area contributed by atoms with Gasteiger partial charge in [0.15, 0.2) is 0 Å². The van der Waals surface area contributed by atoms with Crippen molar-refractivity contribution in [2.75, 3.05) is 0 Å². The highest BCUT2D eigenvalue weighted by molar-refractivity contribution is 6.30. The van der Waals surface area contributed by atoms with Crippen molar-refractivity contribution in [3.63, 3.8) is 0 Å². The molecule has 0 saturated carbocycles. The molecule has 2 heterocycles. The topological polar surface area (TPSA) is 35.6 Å². The summed E-state index contributed by atoms with van der Waals surface area (Å²) in [5.74, 6) is 0.484. The normalized spacial score (nSPS) is 11.2. The first kappa shape index (κ1) is 13.4. The number of hydrogen-bond donors (Lipinski definition) is 0. The molecule has 2 aromatic heterocycles. The molecule has 0 aromatic carbocycles. The predicted molar refractivity (Wildman–Crippen MR) is 73.3 cm³/mol. The highest BCUT2D eigenvalue weighted by Crippen LogP contribution is 2.22. The van der Waals surface area contributed by atoms with Crippen molar-refractivity contribution in [1.82, 2.24) is 19.6 Å². The van der Waals surface area contributed by atoms with Gasteiger partial charge in [0.05, 0.1) is 23.8 Å². The quantitative estimate of drug-likeness (QED) is 0.814. The number of aromatic nitrogens is 4. The molecule has 0 fully saturated rings. The monoisotopic (exact) mass is 286 g/mol. The second-order valence-electron chi connectivity index (χ2n) is 4.42. The van der Waals surface area contributed by atoms with Gasteiger partial charge in [-0.1, -0.05) is 11.6 Å². The van der Waals surface area contributed by atoms with Crippen molar-refractivity contribution < 1.29 is 0 Å². The maximum absolute atomic E-state index is 6.23. The van der Waals surface area contributed by atoms with Gasteiger partial charge in [0.2, 0.25) is 0 Å². The molecule has 0 aliphatic rings. The first-order chi connectivity index (χ1) is 8.45. The highest BCUT2D eigenvalue weighted by atomic mass is 35.5. The van der Waals surface area contributed by atoms with Crippen LogP contribution in [0.2, 0.25) is 5.15 Å². The van der Waals surface area contributed by atoms with Gasteiger partial charge in [-0.3, -0.25) is 9.36 Å². The van der Waals surface area contributed by atoms with Crippen molar-refractivity contribution in [2.45, 2.75) is 33.2 Å². The van der Waals surface area contributed by atoms with Crippen LogP contribution >= 0.6 is 23.2 Å². The summed E-state index contributed by atoms with van der Waals surface area (Å²) in [6, 6.07) is 0. The van der Waals surface area contributed by atoms with Crippen LogP contribution in [-0.2, 0) is 19.5 Å². The van der Waals surface area contributed by atoms with Crippen molar-refractivity contribution in [3.8, 4) is 0 Å². The van der Waals surface area contributed by atoms with Gasteiger partial charge >= 0.3 is 0 Å². The summed E-state index contributed by atoms with van der Waals surface area (Å²) in [5.41, 5.74) is 5.09. The molecule has 18 heavy (non-hydrogen) atoms.